The van der Waals surface area contributed by atoms with Crippen LogP contribution >= 0.6 is 0 Å². The molecule has 1 amide bonds. The molecule has 0 aliphatic carbocycles. The number of fused-ring (bicyclic) bond motifs is 1. The lowest BCUT2D eigenvalue weighted by Crippen LogP contribution is -2.39. The third-order valence-electron chi connectivity index (χ3n) is 5.91. The first-order valence-corrected chi connectivity index (χ1v) is 12.4. The van der Waals surface area contributed by atoms with Gasteiger partial charge in [0.05, 0.1) is 16.1 Å². The molecule has 1 atom stereocenters. The Bertz CT molecular complexity index is 1340. The van der Waals surface area contributed by atoms with Crippen molar-refractivity contribution in [1.29, 1.82) is 0 Å². The number of benzene rings is 3. The second-order valence-electron chi connectivity index (χ2n) is 8.25. The van der Waals surface area contributed by atoms with Crippen molar-refractivity contribution in [2.45, 2.75) is 31.3 Å². The molecule has 1 aliphatic rings. The van der Waals surface area contributed by atoms with E-state index in [0.717, 1.165) is 27.5 Å². The Labute approximate surface area is 199 Å². The Morgan fingerprint density at radius 1 is 1.00 bits per heavy atom. The summed E-state index contributed by atoms with van der Waals surface area (Å²) in [5.74, 6) is -1.08. The van der Waals surface area contributed by atoms with E-state index >= 15 is 0 Å². The Morgan fingerprint density at radius 3 is 2.44 bits per heavy atom. The smallest absolute Gasteiger partial charge is 0.338 e. The molecule has 3 aromatic rings. The van der Waals surface area contributed by atoms with E-state index in [0.29, 0.717) is 12.2 Å². The van der Waals surface area contributed by atoms with Crippen LogP contribution in [0.5, 0.6) is 0 Å². The Morgan fingerprint density at radius 2 is 1.71 bits per heavy atom. The number of amides is 1. The van der Waals surface area contributed by atoms with Crippen LogP contribution in [0.4, 0.5) is 11.4 Å². The van der Waals surface area contributed by atoms with Crippen molar-refractivity contribution in [2.24, 2.45) is 0 Å². The monoisotopic (exact) mass is 478 g/mol. The third-order valence-corrected chi connectivity index (χ3v) is 7.69. The van der Waals surface area contributed by atoms with E-state index in [4.69, 9.17) is 4.74 Å². The van der Waals surface area contributed by atoms with Crippen LogP contribution in [0, 0.1) is 6.92 Å². The second-order valence-corrected chi connectivity index (χ2v) is 10.2. The average Bonchev–Trinajstić information content (AvgIpc) is 3.27. The predicted octanol–water partition coefficient (Wildman–Crippen LogP) is 3.95. The number of ether oxygens (including phenoxy) is 1. The van der Waals surface area contributed by atoms with E-state index in [9.17, 15) is 18.0 Å². The highest BCUT2D eigenvalue weighted by Crippen LogP contribution is 2.28. The number of aryl methyl sites for hydroxylation is 1. The molecule has 7 nitrogen and oxygen atoms in total. The quantitative estimate of drug-likeness (QED) is 0.501. The Balaban J connectivity index is 1.49. The largest absolute Gasteiger partial charge is 0.449 e. The van der Waals surface area contributed by atoms with Crippen molar-refractivity contribution in [3.05, 3.63) is 89.5 Å². The Kier molecular flexibility index (Phi) is 6.43. The van der Waals surface area contributed by atoms with Gasteiger partial charge in [-0.1, -0.05) is 42.0 Å². The maximum Gasteiger partial charge on any atom is 0.338 e. The van der Waals surface area contributed by atoms with Crippen LogP contribution in [0.2, 0.25) is 0 Å². The summed E-state index contributed by atoms with van der Waals surface area (Å²) in [6, 6.07) is 20.4. The molecule has 0 radical (unpaired) electrons. The van der Waals surface area contributed by atoms with E-state index in [1.54, 1.807) is 17.0 Å². The van der Waals surface area contributed by atoms with Crippen molar-refractivity contribution in [3.63, 3.8) is 0 Å². The molecule has 0 saturated carbocycles. The summed E-state index contributed by atoms with van der Waals surface area (Å²) < 4.78 is 32.8. The number of hydrogen-bond donors (Lipinski definition) is 0. The first-order valence-electron chi connectivity index (χ1n) is 10.9. The van der Waals surface area contributed by atoms with Crippen LogP contribution in [0.25, 0.3) is 0 Å². The molecule has 1 heterocycles. The van der Waals surface area contributed by atoms with Crippen molar-refractivity contribution in [2.75, 3.05) is 22.8 Å². The summed E-state index contributed by atoms with van der Waals surface area (Å²) in [6.45, 7) is 3.97. The van der Waals surface area contributed by atoms with E-state index in [-0.39, 0.29) is 16.4 Å². The lowest BCUT2D eigenvalue weighted by Gasteiger charge is -2.22. The summed E-state index contributed by atoms with van der Waals surface area (Å²) in [4.78, 5) is 27.3. The van der Waals surface area contributed by atoms with Gasteiger partial charge >= 0.3 is 5.97 Å². The zero-order valence-electron chi connectivity index (χ0n) is 19.3. The zero-order chi connectivity index (χ0) is 24.5. The van der Waals surface area contributed by atoms with E-state index in [1.807, 2.05) is 43.3 Å². The number of nitrogens with zero attached hydrogens (tertiary/aromatic N) is 2. The molecule has 34 heavy (non-hydrogen) atoms. The summed E-state index contributed by atoms with van der Waals surface area (Å²) in [5.41, 5.74) is 3.47. The van der Waals surface area contributed by atoms with Crippen LogP contribution in [-0.4, -0.2) is 40.0 Å². The molecule has 4 rings (SSSR count). The number of rotatable bonds is 6. The maximum absolute atomic E-state index is 13.1. The summed E-state index contributed by atoms with van der Waals surface area (Å²) in [5, 5.41) is 0. The molecular formula is C26H26N2O5S. The van der Waals surface area contributed by atoms with Gasteiger partial charge in [-0.05, 0) is 62.2 Å². The number of anilines is 2. The summed E-state index contributed by atoms with van der Waals surface area (Å²) in [7, 11) is -2.44. The van der Waals surface area contributed by atoms with E-state index < -0.39 is 22.1 Å². The zero-order valence-corrected chi connectivity index (χ0v) is 20.1. The number of hydrogen-bond acceptors (Lipinski definition) is 5. The van der Waals surface area contributed by atoms with Crippen LogP contribution in [0.15, 0.2) is 77.7 Å². The predicted molar refractivity (Wildman–Crippen MR) is 131 cm³/mol. The molecule has 0 aromatic heterocycles. The minimum absolute atomic E-state index is 0.0440. The average molecular weight is 479 g/mol. The van der Waals surface area contributed by atoms with Gasteiger partial charge in [-0.3, -0.25) is 9.10 Å². The van der Waals surface area contributed by atoms with E-state index in [2.05, 4.69) is 0 Å². The molecule has 0 fully saturated rings. The molecular weight excluding hydrogens is 452 g/mol. The van der Waals surface area contributed by atoms with Crippen LogP contribution in [0.3, 0.4) is 0 Å². The van der Waals surface area contributed by atoms with E-state index in [1.165, 1.54) is 38.2 Å². The number of para-hydroxylation sites is 1. The van der Waals surface area contributed by atoms with Gasteiger partial charge in [-0.2, -0.15) is 0 Å². The highest BCUT2D eigenvalue weighted by atomic mass is 32.2. The van der Waals surface area contributed by atoms with Crippen LogP contribution in [0.1, 0.15) is 28.4 Å². The van der Waals surface area contributed by atoms with Crippen molar-refractivity contribution >= 4 is 33.3 Å². The van der Waals surface area contributed by atoms with Gasteiger partial charge in [-0.15, -0.1) is 0 Å². The molecule has 0 N–H and O–H groups in total. The highest BCUT2D eigenvalue weighted by Gasteiger charge is 2.30. The van der Waals surface area contributed by atoms with Crippen LogP contribution < -0.4 is 9.21 Å². The second kappa shape index (κ2) is 9.30. The van der Waals surface area contributed by atoms with Gasteiger partial charge in [0.2, 0.25) is 0 Å². The first-order chi connectivity index (χ1) is 16.2. The van der Waals surface area contributed by atoms with Crippen molar-refractivity contribution < 1.29 is 22.7 Å². The minimum atomic E-state index is -3.90. The lowest BCUT2D eigenvalue weighted by molar-refractivity contribution is -0.126. The number of sulfonamides is 1. The fourth-order valence-electron chi connectivity index (χ4n) is 3.90. The van der Waals surface area contributed by atoms with Gasteiger partial charge in [0.25, 0.3) is 15.9 Å². The molecule has 176 valence electrons. The van der Waals surface area contributed by atoms with Gasteiger partial charge in [0, 0.05) is 19.3 Å². The topological polar surface area (TPSA) is 84.0 Å². The molecule has 0 bridgehead atoms. The normalized spacial score (nSPS) is 13.8. The summed E-state index contributed by atoms with van der Waals surface area (Å²) >= 11 is 0. The summed E-state index contributed by atoms with van der Waals surface area (Å²) in [6.07, 6.45) is -0.272. The van der Waals surface area contributed by atoms with Gasteiger partial charge < -0.3 is 9.64 Å². The molecule has 8 heteroatoms. The lowest BCUT2D eigenvalue weighted by atomic mass is 10.2. The molecule has 3 aromatic carbocycles. The fraction of sp³-hybridized carbons (Fsp3) is 0.231. The standard InChI is InChI=1S/C26H26N2O5S/c1-18-11-13-22(14-12-18)27(3)34(31,32)23-9-6-8-21(17-23)26(30)33-19(2)25(29)28-16-15-20-7-4-5-10-24(20)28/h4-14,17,19H,15-16H2,1-3H3/t19-/m0/s1. The van der Waals surface area contributed by atoms with Gasteiger partial charge in [0.1, 0.15) is 0 Å². The minimum Gasteiger partial charge on any atom is -0.449 e. The Hall–Kier alpha value is -3.65. The van der Waals surface area contributed by atoms with Crippen LogP contribution in [-0.2, 0) is 26.0 Å². The highest BCUT2D eigenvalue weighted by molar-refractivity contribution is 7.92. The van der Waals surface area contributed by atoms with Crippen molar-refractivity contribution in [3.8, 4) is 0 Å². The number of carbonyl (C=O) groups is 2. The first kappa shape index (κ1) is 23.5. The van der Waals surface area contributed by atoms with Crippen molar-refractivity contribution in [1.82, 2.24) is 0 Å². The van der Waals surface area contributed by atoms with Gasteiger partial charge in [0.15, 0.2) is 6.10 Å². The molecule has 0 unspecified atom stereocenters. The third kappa shape index (κ3) is 4.54. The molecule has 0 saturated heterocycles. The molecule has 1 aliphatic heterocycles. The fourth-order valence-corrected chi connectivity index (χ4v) is 5.14. The molecule has 0 spiro atoms. The van der Waals surface area contributed by atoms with Gasteiger partial charge in [-0.25, -0.2) is 13.2 Å². The number of esters is 1. The maximum atomic E-state index is 13.1. The SMILES string of the molecule is Cc1ccc(N(C)S(=O)(=O)c2cccc(C(=O)O[C@@H](C)C(=O)N3CCc4ccccc43)c2)cc1. The number of carbonyl (C=O) groups excluding carboxylic acids is 2.